The molecule has 1 nitrogen and oxygen atoms in total. The van der Waals surface area contributed by atoms with E-state index >= 15 is 0 Å². The van der Waals surface area contributed by atoms with Gasteiger partial charge in [-0.05, 0) is 42.9 Å². The normalized spacial score (nSPS) is 22.8. The van der Waals surface area contributed by atoms with Crippen LogP contribution in [0.3, 0.4) is 0 Å². The van der Waals surface area contributed by atoms with Crippen molar-refractivity contribution in [3.63, 3.8) is 0 Å². The van der Waals surface area contributed by atoms with Crippen molar-refractivity contribution in [2.75, 3.05) is 6.61 Å². The average molecular weight is 322 g/mol. The molecule has 1 saturated heterocycles. The molecule has 1 aromatic rings. The van der Waals surface area contributed by atoms with Crippen molar-refractivity contribution in [3.8, 4) is 0 Å². The predicted octanol–water partition coefficient (Wildman–Crippen LogP) is 5.64. The van der Waals surface area contributed by atoms with Gasteiger partial charge < -0.3 is 4.74 Å². The Bertz CT molecular complexity index is 481. The summed E-state index contributed by atoms with van der Waals surface area (Å²) in [4.78, 5) is 0. The number of unbranched alkanes of at least 4 members (excludes halogenated alkanes) is 1. The van der Waals surface area contributed by atoms with E-state index in [0.29, 0.717) is 18.9 Å². The Morgan fingerprint density at radius 3 is 2.23 bits per heavy atom. The van der Waals surface area contributed by atoms with Crippen molar-refractivity contribution in [1.29, 1.82) is 0 Å². The lowest BCUT2D eigenvalue weighted by Crippen LogP contribution is -2.21. The fraction of sp³-hybridized carbons (Fsp3) is 0.625. The number of rotatable bonds is 4. The summed E-state index contributed by atoms with van der Waals surface area (Å²) in [5.74, 6) is -2.75. The maximum atomic E-state index is 13.6. The third kappa shape index (κ3) is 3.97. The van der Waals surface area contributed by atoms with Gasteiger partial charge in [-0.15, -0.1) is 0 Å². The Balaban J connectivity index is 2.09. The van der Waals surface area contributed by atoms with Crippen LogP contribution in [0.5, 0.6) is 0 Å². The first-order valence-electron chi connectivity index (χ1n) is 7.50. The smallest absolute Gasteiger partial charge is 0.373 e. The lowest BCUT2D eigenvalue weighted by Gasteiger charge is -2.29. The highest BCUT2D eigenvalue weighted by Gasteiger charge is 2.38. The van der Waals surface area contributed by atoms with Gasteiger partial charge in [-0.25, -0.2) is 8.78 Å². The largest absolute Gasteiger partial charge is 0.422 e. The van der Waals surface area contributed by atoms with Gasteiger partial charge in [0.1, 0.15) is 17.2 Å². The summed E-state index contributed by atoms with van der Waals surface area (Å²) in [6.45, 7) is 2.58. The average Bonchev–Trinajstić information content (AvgIpc) is 2.43. The van der Waals surface area contributed by atoms with Crippen LogP contribution < -0.4 is 0 Å². The molecule has 0 aromatic heterocycles. The first-order chi connectivity index (χ1) is 10.3. The van der Waals surface area contributed by atoms with Gasteiger partial charge in [0.25, 0.3) is 0 Å². The number of benzene rings is 1. The summed E-state index contributed by atoms with van der Waals surface area (Å²) >= 11 is 0. The van der Waals surface area contributed by atoms with Crippen LogP contribution in [0, 0.1) is 17.6 Å². The zero-order valence-electron chi connectivity index (χ0n) is 12.4. The molecule has 2 unspecified atom stereocenters. The summed E-state index contributed by atoms with van der Waals surface area (Å²) in [6, 6.07) is 1.48. The Kier molecular flexibility index (Phi) is 5.42. The molecule has 1 aliphatic heterocycles. The molecule has 1 aromatic carbocycles. The predicted molar refractivity (Wildman–Crippen MR) is 72.3 cm³/mol. The molecule has 6 heteroatoms. The second-order valence-corrected chi connectivity index (χ2v) is 5.76. The van der Waals surface area contributed by atoms with Crippen LogP contribution in [0.1, 0.15) is 56.3 Å². The summed E-state index contributed by atoms with van der Waals surface area (Å²) < 4.78 is 70.4. The van der Waals surface area contributed by atoms with Crippen LogP contribution in [0.15, 0.2) is 12.1 Å². The van der Waals surface area contributed by atoms with Crippen LogP contribution >= 0.6 is 0 Å². The summed E-state index contributed by atoms with van der Waals surface area (Å²) in [7, 11) is 0. The molecular weight excluding hydrogens is 303 g/mol. The van der Waals surface area contributed by atoms with Crippen LogP contribution in [0.4, 0.5) is 22.0 Å². The van der Waals surface area contributed by atoms with E-state index in [-0.39, 0.29) is 5.56 Å². The zero-order valence-corrected chi connectivity index (χ0v) is 12.4. The number of alkyl halides is 3. The Morgan fingerprint density at radius 1 is 1.14 bits per heavy atom. The van der Waals surface area contributed by atoms with E-state index in [1.165, 1.54) is 0 Å². The van der Waals surface area contributed by atoms with Crippen molar-refractivity contribution >= 4 is 0 Å². The molecule has 1 heterocycles. The zero-order chi connectivity index (χ0) is 16.3. The lowest BCUT2D eigenvalue weighted by atomic mass is 9.91. The molecular formula is C16H19F5O. The van der Waals surface area contributed by atoms with Gasteiger partial charge in [0.15, 0.2) is 0 Å². The van der Waals surface area contributed by atoms with Gasteiger partial charge >= 0.3 is 6.18 Å². The van der Waals surface area contributed by atoms with E-state index in [2.05, 4.69) is 6.92 Å². The maximum absolute atomic E-state index is 13.6. The first-order valence-corrected chi connectivity index (χ1v) is 7.50. The summed E-state index contributed by atoms with van der Waals surface area (Å²) in [5, 5.41) is 0. The Hall–Kier alpha value is -1.17. The van der Waals surface area contributed by atoms with E-state index in [4.69, 9.17) is 4.74 Å². The van der Waals surface area contributed by atoms with E-state index in [9.17, 15) is 22.0 Å². The second kappa shape index (κ2) is 6.94. The van der Waals surface area contributed by atoms with Crippen LogP contribution in [-0.2, 0) is 10.9 Å². The van der Waals surface area contributed by atoms with Crippen molar-refractivity contribution < 1.29 is 26.7 Å². The minimum absolute atomic E-state index is 0.136. The standard InChI is InChI=1S/C16H19F5O/c1-2-3-4-10-5-6-14(22-9-10)11-7-12(17)15(13(18)8-11)16(19,20)21/h7-8,10,14H,2-6,9H2,1H3. The topological polar surface area (TPSA) is 9.23 Å². The molecule has 124 valence electrons. The van der Waals surface area contributed by atoms with Crippen LogP contribution in [-0.4, -0.2) is 6.61 Å². The molecule has 0 aliphatic carbocycles. The second-order valence-electron chi connectivity index (χ2n) is 5.76. The van der Waals surface area contributed by atoms with Gasteiger partial charge in [0, 0.05) is 0 Å². The fourth-order valence-corrected chi connectivity index (χ4v) is 2.84. The van der Waals surface area contributed by atoms with Gasteiger partial charge in [-0.1, -0.05) is 19.8 Å². The SMILES string of the molecule is CCCCC1CCC(c2cc(F)c(C(F)(F)F)c(F)c2)OC1. The van der Waals surface area contributed by atoms with Gasteiger partial charge in [-0.2, -0.15) is 13.2 Å². The number of halogens is 5. The van der Waals surface area contributed by atoms with Gasteiger partial charge in [0.05, 0.1) is 12.7 Å². The van der Waals surface area contributed by atoms with E-state index in [0.717, 1.165) is 37.8 Å². The Labute approximate surface area is 126 Å². The van der Waals surface area contributed by atoms with Crippen molar-refractivity contribution in [2.24, 2.45) is 5.92 Å². The number of ether oxygens (including phenoxy) is 1. The summed E-state index contributed by atoms with van der Waals surface area (Å²) in [5.41, 5.74) is -1.70. The Morgan fingerprint density at radius 2 is 1.77 bits per heavy atom. The molecule has 22 heavy (non-hydrogen) atoms. The maximum Gasteiger partial charge on any atom is 0.422 e. The molecule has 1 aliphatic rings. The minimum atomic E-state index is -5.04. The number of hydrogen-bond acceptors (Lipinski definition) is 1. The van der Waals surface area contributed by atoms with Gasteiger partial charge in [0.2, 0.25) is 0 Å². The third-order valence-electron chi connectivity index (χ3n) is 4.06. The molecule has 2 atom stereocenters. The molecule has 2 rings (SSSR count). The molecule has 0 radical (unpaired) electrons. The monoisotopic (exact) mass is 322 g/mol. The molecule has 0 spiro atoms. The quantitative estimate of drug-likeness (QED) is 0.652. The number of hydrogen-bond donors (Lipinski definition) is 0. The molecule has 0 amide bonds. The van der Waals surface area contributed by atoms with Crippen LogP contribution in [0.25, 0.3) is 0 Å². The lowest BCUT2D eigenvalue weighted by molar-refractivity contribution is -0.142. The minimum Gasteiger partial charge on any atom is -0.373 e. The molecule has 0 saturated carbocycles. The van der Waals surface area contributed by atoms with E-state index in [1.54, 1.807) is 0 Å². The third-order valence-corrected chi connectivity index (χ3v) is 4.06. The van der Waals surface area contributed by atoms with Crippen LogP contribution in [0.2, 0.25) is 0 Å². The van der Waals surface area contributed by atoms with E-state index in [1.807, 2.05) is 0 Å². The molecule has 0 bridgehead atoms. The summed E-state index contributed by atoms with van der Waals surface area (Å²) in [6.07, 6.45) is -0.917. The highest BCUT2D eigenvalue weighted by Crippen LogP contribution is 2.38. The first kappa shape index (κ1) is 17.2. The van der Waals surface area contributed by atoms with Gasteiger partial charge in [-0.3, -0.25) is 0 Å². The van der Waals surface area contributed by atoms with E-state index < -0.39 is 29.5 Å². The van der Waals surface area contributed by atoms with Crippen molar-refractivity contribution in [2.45, 2.75) is 51.3 Å². The molecule has 1 fully saturated rings. The molecule has 0 N–H and O–H groups in total. The van der Waals surface area contributed by atoms with Crippen molar-refractivity contribution in [3.05, 3.63) is 34.9 Å². The fourth-order valence-electron chi connectivity index (χ4n) is 2.84. The highest BCUT2D eigenvalue weighted by atomic mass is 19.4. The highest BCUT2D eigenvalue weighted by molar-refractivity contribution is 5.30. The van der Waals surface area contributed by atoms with Crippen molar-refractivity contribution in [1.82, 2.24) is 0 Å².